The zero-order valence-electron chi connectivity index (χ0n) is 24.6. The number of thiazole rings is 1. The minimum Gasteiger partial charge on any atom is -0.494 e. The number of methoxy groups -OCH3 is 1. The van der Waals surface area contributed by atoms with E-state index in [2.05, 4.69) is 20.9 Å². The Labute approximate surface area is 265 Å². The number of esters is 1. The molecule has 1 atom stereocenters. The summed E-state index contributed by atoms with van der Waals surface area (Å²) in [6.07, 6.45) is 1.73. The first-order chi connectivity index (χ1) is 21.2. The van der Waals surface area contributed by atoms with Gasteiger partial charge in [-0.25, -0.2) is 14.2 Å². The van der Waals surface area contributed by atoms with Gasteiger partial charge in [0.15, 0.2) is 16.3 Å². The Balaban J connectivity index is 1.57. The number of allylic oxidation sites excluding steroid dienone is 1. The van der Waals surface area contributed by atoms with Crippen LogP contribution in [0.1, 0.15) is 43.5 Å². The molecule has 0 saturated carbocycles. The quantitative estimate of drug-likeness (QED) is 0.200. The molecule has 0 spiro atoms. The molecular weight excluding hydrogens is 651 g/mol. The summed E-state index contributed by atoms with van der Waals surface area (Å²) in [6.45, 7) is 6.09. The summed E-state index contributed by atoms with van der Waals surface area (Å²) in [5, 5.41) is 0. The number of rotatable bonds is 10. The largest absolute Gasteiger partial charge is 0.494 e. The van der Waals surface area contributed by atoms with Crippen LogP contribution in [-0.2, 0) is 16.1 Å². The van der Waals surface area contributed by atoms with Gasteiger partial charge in [0.1, 0.15) is 18.2 Å². The second-order valence-corrected chi connectivity index (χ2v) is 11.6. The van der Waals surface area contributed by atoms with Gasteiger partial charge in [-0.2, -0.15) is 0 Å². The molecular formula is C33H30BrFN2O6S. The lowest BCUT2D eigenvalue weighted by Crippen LogP contribution is -2.39. The Hall–Kier alpha value is -4.22. The van der Waals surface area contributed by atoms with Gasteiger partial charge in [-0.1, -0.05) is 57.6 Å². The van der Waals surface area contributed by atoms with Crippen LogP contribution in [0.5, 0.6) is 17.2 Å². The Morgan fingerprint density at radius 2 is 1.82 bits per heavy atom. The predicted molar refractivity (Wildman–Crippen MR) is 169 cm³/mol. The second-order valence-electron chi connectivity index (χ2n) is 9.71. The van der Waals surface area contributed by atoms with Gasteiger partial charge in [-0.3, -0.25) is 9.36 Å². The van der Waals surface area contributed by atoms with Crippen molar-refractivity contribution in [3.63, 3.8) is 0 Å². The van der Waals surface area contributed by atoms with Crippen molar-refractivity contribution in [1.82, 2.24) is 4.57 Å². The first-order valence-electron chi connectivity index (χ1n) is 13.9. The maximum Gasteiger partial charge on any atom is 0.338 e. The lowest BCUT2D eigenvalue weighted by molar-refractivity contribution is -0.139. The highest BCUT2D eigenvalue weighted by Gasteiger charge is 2.33. The van der Waals surface area contributed by atoms with Crippen molar-refractivity contribution in [2.75, 3.05) is 20.3 Å². The van der Waals surface area contributed by atoms with Gasteiger partial charge in [-0.05, 0) is 68.3 Å². The standard InChI is InChI=1S/C33H30BrFN2O6S/c1-5-41-23-13-11-20(12-14-23)30-29(32(39)42-6-2)19(3)36-33-37(30)31(38)28(44-33)16-22-15-26(40-4)27(17-24(22)34)43-18-21-9-7-8-10-25(21)35/h7-17,30H,5-6,18H2,1-4H3/b28-16+/t30-/m0/s1. The van der Waals surface area contributed by atoms with E-state index in [-0.39, 0.29) is 24.6 Å². The van der Waals surface area contributed by atoms with Crippen molar-refractivity contribution >= 4 is 39.3 Å². The van der Waals surface area contributed by atoms with E-state index in [1.807, 2.05) is 31.2 Å². The Morgan fingerprint density at radius 1 is 1.07 bits per heavy atom. The Kier molecular flexibility index (Phi) is 9.65. The van der Waals surface area contributed by atoms with Gasteiger partial charge in [0.2, 0.25) is 0 Å². The fourth-order valence-electron chi connectivity index (χ4n) is 4.87. The van der Waals surface area contributed by atoms with Crippen LogP contribution >= 0.6 is 27.3 Å². The maximum absolute atomic E-state index is 14.1. The predicted octanol–water partition coefficient (Wildman–Crippen LogP) is 5.69. The lowest BCUT2D eigenvalue weighted by atomic mass is 9.96. The van der Waals surface area contributed by atoms with E-state index < -0.39 is 12.0 Å². The Morgan fingerprint density at radius 3 is 2.50 bits per heavy atom. The molecule has 0 amide bonds. The molecule has 4 aromatic rings. The first-order valence-corrected chi connectivity index (χ1v) is 15.5. The summed E-state index contributed by atoms with van der Waals surface area (Å²) in [5.74, 6) is 0.618. The molecule has 0 unspecified atom stereocenters. The van der Waals surface area contributed by atoms with Crippen LogP contribution in [0.3, 0.4) is 0 Å². The minimum absolute atomic E-state index is 0.0150. The van der Waals surface area contributed by atoms with Crippen LogP contribution in [0.15, 0.2) is 86.2 Å². The molecule has 0 saturated heterocycles. The van der Waals surface area contributed by atoms with Crippen LogP contribution in [0.25, 0.3) is 6.08 Å². The molecule has 2 heterocycles. The highest BCUT2D eigenvalue weighted by atomic mass is 79.9. The van der Waals surface area contributed by atoms with Crippen LogP contribution in [0.2, 0.25) is 0 Å². The van der Waals surface area contributed by atoms with Crippen LogP contribution in [0.4, 0.5) is 4.39 Å². The number of fused-ring (bicyclic) bond motifs is 1. The third-order valence-electron chi connectivity index (χ3n) is 6.93. The van der Waals surface area contributed by atoms with E-state index in [0.29, 0.717) is 60.1 Å². The number of ether oxygens (including phenoxy) is 4. The fourth-order valence-corrected chi connectivity index (χ4v) is 6.34. The zero-order valence-corrected chi connectivity index (χ0v) is 27.0. The molecule has 0 aliphatic carbocycles. The molecule has 8 nitrogen and oxygen atoms in total. The second kappa shape index (κ2) is 13.6. The van der Waals surface area contributed by atoms with Gasteiger partial charge >= 0.3 is 5.97 Å². The van der Waals surface area contributed by atoms with E-state index >= 15 is 0 Å². The number of carbonyl (C=O) groups excluding carboxylic acids is 1. The summed E-state index contributed by atoms with van der Waals surface area (Å²) in [6, 6.07) is 16.4. The summed E-state index contributed by atoms with van der Waals surface area (Å²) in [7, 11) is 1.51. The maximum atomic E-state index is 14.1. The molecule has 228 valence electrons. The topological polar surface area (TPSA) is 88.4 Å². The van der Waals surface area contributed by atoms with Gasteiger partial charge in [0.25, 0.3) is 5.56 Å². The van der Waals surface area contributed by atoms with Crippen molar-refractivity contribution in [2.45, 2.75) is 33.4 Å². The fraction of sp³-hybridized carbons (Fsp3) is 0.242. The average molecular weight is 682 g/mol. The molecule has 5 rings (SSSR count). The van der Waals surface area contributed by atoms with Gasteiger partial charge in [0, 0.05) is 10.0 Å². The van der Waals surface area contributed by atoms with E-state index in [0.717, 1.165) is 5.56 Å². The summed E-state index contributed by atoms with van der Waals surface area (Å²) >= 11 is 4.79. The van der Waals surface area contributed by atoms with Crippen LogP contribution < -0.4 is 29.1 Å². The van der Waals surface area contributed by atoms with E-state index in [4.69, 9.17) is 18.9 Å². The van der Waals surface area contributed by atoms with Crippen LogP contribution in [0, 0.1) is 5.82 Å². The van der Waals surface area contributed by atoms with Gasteiger partial charge in [-0.15, -0.1) is 0 Å². The number of carbonyl (C=O) groups is 1. The normalized spacial score (nSPS) is 14.6. The molecule has 3 aromatic carbocycles. The number of halogens is 2. The van der Waals surface area contributed by atoms with E-state index in [9.17, 15) is 14.0 Å². The average Bonchev–Trinajstić information content (AvgIpc) is 3.31. The molecule has 11 heteroatoms. The highest BCUT2D eigenvalue weighted by Crippen LogP contribution is 2.35. The number of nitrogens with zero attached hydrogens (tertiary/aromatic N) is 2. The highest BCUT2D eigenvalue weighted by molar-refractivity contribution is 9.10. The number of hydrogen-bond donors (Lipinski definition) is 0. The third kappa shape index (κ3) is 6.34. The van der Waals surface area contributed by atoms with Crippen LogP contribution in [-0.4, -0.2) is 30.9 Å². The van der Waals surface area contributed by atoms with E-state index in [1.165, 1.54) is 29.1 Å². The number of benzene rings is 3. The van der Waals surface area contributed by atoms with Gasteiger partial charge < -0.3 is 18.9 Å². The molecule has 0 fully saturated rings. The summed E-state index contributed by atoms with van der Waals surface area (Å²) < 4.78 is 39.1. The Bertz CT molecular complexity index is 1920. The molecule has 1 aromatic heterocycles. The lowest BCUT2D eigenvalue weighted by Gasteiger charge is -2.24. The summed E-state index contributed by atoms with van der Waals surface area (Å²) in [5.41, 5.74) is 2.26. The molecule has 0 N–H and O–H groups in total. The van der Waals surface area contributed by atoms with E-state index in [1.54, 1.807) is 50.3 Å². The number of aromatic nitrogens is 1. The SMILES string of the molecule is CCOC(=O)C1=C(C)N=c2s/c(=C/c3cc(OC)c(OCc4ccccc4F)cc3Br)c(=O)n2[C@H]1c1ccc(OCC)cc1. The summed E-state index contributed by atoms with van der Waals surface area (Å²) in [4.78, 5) is 32.2. The smallest absolute Gasteiger partial charge is 0.338 e. The third-order valence-corrected chi connectivity index (χ3v) is 8.60. The minimum atomic E-state index is -0.740. The molecule has 0 bridgehead atoms. The van der Waals surface area contributed by atoms with Crippen molar-refractivity contribution in [3.05, 3.63) is 119 Å². The molecule has 0 radical (unpaired) electrons. The first kappa shape index (κ1) is 31.2. The molecule has 44 heavy (non-hydrogen) atoms. The van der Waals surface area contributed by atoms with Crippen molar-refractivity contribution in [1.29, 1.82) is 0 Å². The zero-order chi connectivity index (χ0) is 31.4. The van der Waals surface area contributed by atoms with Crippen molar-refractivity contribution in [2.24, 2.45) is 4.99 Å². The molecule has 1 aliphatic heterocycles. The monoisotopic (exact) mass is 680 g/mol. The van der Waals surface area contributed by atoms with Crippen molar-refractivity contribution < 1.29 is 28.1 Å². The van der Waals surface area contributed by atoms with Crippen molar-refractivity contribution in [3.8, 4) is 17.2 Å². The number of hydrogen-bond acceptors (Lipinski definition) is 8. The molecule has 1 aliphatic rings. The van der Waals surface area contributed by atoms with Gasteiger partial charge in [0.05, 0.1) is 42.2 Å².